The van der Waals surface area contributed by atoms with E-state index in [0.717, 1.165) is 17.8 Å². The van der Waals surface area contributed by atoms with Gasteiger partial charge in [0, 0.05) is 30.6 Å². The van der Waals surface area contributed by atoms with Crippen molar-refractivity contribution in [2.75, 3.05) is 13.1 Å². The fraction of sp³-hybridized carbons (Fsp3) is 0.300. The summed E-state index contributed by atoms with van der Waals surface area (Å²) in [5, 5.41) is 2.99. The molecule has 4 rings (SSSR count). The monoisotopic (exact) mass is 416 g/mol. The fourth-order valence-electron chi connectivity index (χ4n) is 3.42. The molecule has 6 nitrogen and oxygen atoms in total. The number of amides is 1. The van der Waals surface area contributed by atoms with Gasteiger partial charge in [0.05, 0.1) is 9.90 Å². The lowest BCUT2D eigenvalue weighted by atomic mass is 9.98. The quantitative estimate of drug-likeness (QED) is 0.633. The summed E-state index contributed by atoms with van der Waals surface area (Å²) in [4.78, 5) is 19.2. The summed E-state index contributed by atoms with van der Waals surface area (Å²) in [7, 11) is -3.51. The summed E-state index contributed by atoms with van der Waals surface area (Å²) < 4.78 is 30.6. The number of carbonyl (C=O) groups is 1. The van der Waals surface area contributed by atoms with Gasteiger partial charge in [-0.25, -0.2) is 13.4 Å². The maximum absolute atomic E-state index is 12.8. The van der Waals surface area contributed by atoms with Crippen LogP contribution < -0.4 is 0 Å². The molecule has 3 aromatic rings. The zero-order valence-electron chi connectivity index (χ0n) is 15.2. The number of furan rings is 1. The first kappa shape index (κ1) is 18.9. The predicted octanol–water partition coefficient (Wildman–Crippen LogP) is 3.73. The first-order chi connectivity index (χ1) is 13.5. The molecule has 0 spiro atoms. The Morgan fingerprint density at radius 2 is 2.04 bits per heavy atom. The van der Waals surface area contributed by atoms with Crippen molar-refractivity contribution in [2.45, 2.75) is 29.4 Å². The van der Waals surface area contributed by atoms with Crippen LogP contribution in [0.2, 0.25) is 0 Å². The lowest BCUT2D eigenvalue weighted by molar-refractivity contribution is 0.0673. The summed E-state index contributed by atoms with van der Waals surface area (Å²) in [5.41, 5.74) is 0. The molecule has 0 N–H and O–H groups in total. The molecule has 1 aliphatic heterocycles. The SMILES string of the molecule is O=C(c1ccc(CS(=O)(=O)c2ccccc2)o1)N1CCCC(c2nccs2)C1. The molecule has 0 saturated carbocycles. The molecule has 1 atom stereocenters. The number of thiazole rings is 1. The third-order valence-corrected chi connectivity index (χ3v) is 7.41. The molecular formula is C20H20N2O4S2. The number of rotatable bonds is 5. The topological polar surface area (TPSA) is 80.5 Å². The number of hydrogen-bond donors (Lipinski definition) is 0. The highest BCUT2D eigenvalue weighted by atomic mass is 32.2. The third-order valence-electron chi connectivity index (χ3n) is 4.82. The maximum atomic E-state index is 12.8. The molecule has 1 amide bonds. The van der Waals surface area contributed by atoms with Crippen LogP contribution >= 0.6 is 11.3 Å². The Balaban J connectivity index is 1.46. The molecule has 0 aliphatic carbocycles. The van der Waals surface area contributed by atoms with Crippen molar-refractivity contribution in [3.63, 3.8) is 0 Å². The predicted molar refractivity (Wildman–Crippen MR) is 106 cm³/mol. The Kier molecular flexibility index (Phi) is 5.32. The maximum Gasteiger partial charge on any atom is 0.289 e. The lowest BCUT2D eigenvalue weighted by Gasteiger charge is -2.31. The number of sulfone groups is 1. The van der Waals surface area contributed by atoms with E-state index in [1.807, 2.05) is 5.38 Å². The number of likely N-dealkylation sites (tertiary alicyclic amines) is 1. The highest BCUT2D eigenvalue weighted by molar-refractivity contribution is 7.90. The van der Waals surface area contributed by atoms with Crippen LogP contribution in [0.3, 0.4) is 0 Å². The normalized spacial score (nSPS) is 17.6. The highest BCUT2D eigenvalue weighted by Crippen LogP contribution is 2.29. The van der Waals surface area contributed by atoms with E-state index in [1.165, 1.54) is 0 Å². The van der Waals surface area contributed by atoms with Crippen molar-refractivity contribution in [1.82, 2.24) is 9.88 Å². The molecule has 2 aromatic heterocycles. The number of hydrogen-bond acceptors (Lipinski definition) is 6. The van der Waals surface area contributed by atoms with Crippen molar-refractivity contribution >= 4 is 27.1 Å². The van der Waals surface area contributed by atoms with Gasteiger partial charge in [0.2, 0.25) is 0 Å². The molecule has 28 heavy (non-hydrogen) atoms. The van der Waals surface area contributed by atoms with Crippen LogP contribution in [0, 0.1) is 0 Å². The van der Waals surface area contributed by atoms with Crippen LogP contribution in [0.25, 0.3) is 0 Å². The first-order valence-electron chi connectivity index (χ1n) is 9.08. The molecule has 8 heteroatoms. The molecule has 1 unspecified atom stereocenters. The summed E-state index contributed by atoms with van der Waals surface area (Å²) in [6.45, 7) is 1.27. The van der Waals surface area contributed by atoms with Crippen LogP contribution in [0.4, 0.5) is 0 Å². The minimum atomic E-state index is -3.51. The number of aromatic nitrogens is 1. The van der Waals surface area contributed by atoms with E-state index >= 15 is 0 Å². The van der Waals surface area contributed by atoms with Gasteiger partial charge >= 0.3 is 0 Å². The second-order valence-corrected chi connectivity index (χ2v) is 9.71. The van der Waals surface area contributed by atoms with E-state index in [-0.39, 0.29) is 34.0 Å². The molecule has 1 fully saturated rings. The molecule has 0 radical (unpaired) electrons. The van der Waals surface area contributed by atoms with Crippen molar-refractivity contribution in [3.8, 4) is 0 Å². The first-order valence-corrected chi connectivity index (χ1v) is 11.6. The molecule has 146 valence electrons. The highest BCUT2D eigenvalue weighted by Gasteiger charge is 2.28. The Bertz CT molecular complexity index is 1040. The number of nitrogens with zero attached hydrogens (tertiary/aromatic N) is 2. The van der Waals surface area contributed by atoms with Gasteiger partial charge in [-0.15, -0.1) is 11.3 Å². The van der Waals surface area contributed by atoms with Gasteiger partial charge in [-0.2, -0.15) is 0 Å². The zero-order chi connectivity index (χ0) is 19.6. The lowest BCUT2D eigenvalue weighted by Crippen LogP contribution is -2.38. The van der Waals surface area contributed by atoms with Crippen molar-refractivity contribution in [2.24, 2.45) is 0 Å². The summed E-state index contributed by atoms with van der Waals surface area (Å²) in [5.74, 6) is 0.209. The second kappa shape index (κ2) is 7.89. The molecule has 1 aliphatic rings. The van der Waals surface area contributed by atoms with Crippen molar-refractivity contribution in [3.05, 3.63) is 70.6 Å². The van der Waals surface area contributed by atoms with Crippen molar-refractivity contribution in [1.29, 1.82) is 0 Å². The van der Waals surface area contributed by atoms with E-state index in [9.17, 15) is 13.2 Å². The van der Waals surface area contributed by atoms with Crippen LogP contribution in [0.1, 0.15) is 40.1 Å². The fourth-order valence-corrected chi connectivity index (χ4v) is 5.46. The van der Waals surface area contributed by atoms with E-state index in [4.69, 9.17) is 4.42 Å². The second-order valence-electron chi connectivity index (χ2n) is 6.80. The van der Waals surface area contributed by atoms with E-state index in [0.29, 0.717) is 13.1 Å². The van der Waals surface area contributed by atoms with Crippen LogP contribution in [0.5, 0.6) is 0 Å². The Morgan fingerprint density at radius 1 is 1.21 bits per heavy atom. The number of piperidine rings is 1. The van der Waals surface area contributed by atoms with E-state index < -0.39 is 9.84 Å². The third kappa shape index (κ3) is 4.02. The molecule has 3 heterocycles. The van der Waals surface area contributed by atoms with Gasteiger partial charge in [0.15, 0.2) is 15.6 Å². The van der Waals surface area contributed by atoms with Gasteiger partial charge in [-0.3, -0.25) is 4.79 Å². The standard InChI is InChI=1S/C20H20N2O4S2/c23-20(22-11-4-5-15(13-22)19-21-10-12-27-19)18-9-8-16(26-18)14-28(24,25)17-6-2-1-3-7-17/h1-3,6-10,12,15H,4-5,11,13-14H2. The average Bonchev–Trinajstić information content (AvgIpc) is 3.40. The summed E-state index contributed by atoms with van der Waals surface area (Å²) in [6.07, 6.45) is 3.70. The van der Waals surface area contributed by atoms with Gasteiger partial charge in [0.1, 0.15) is 11.5 Å². The Hall–Kier alpha value is -2.45. The smallest absolute Gasteiger partial charge is 0.289 e. The molecular weight excluding hydrogens is 396 g/mol. The molecule has 1 saturated heterocycles. The Labute approximate surface area is 167 Å². The van der Waals surface area contributed by atoms with Crippen molar-refractivity contribution < 1.29 is 17.6 Å². The van der Waals surface area contributed by atoms with E-state index in [2.05, 4.69) is 4.98 Å². The minimum absolute atomic E-state index is 0.179. The van der Waals surface area contributed by atoms with E-state index in [1.54, 1.807) is 64.9 Å². The molecule has 0 bridgehead atoms. The van der Waals surface area contributed by atoms with Gasteiger partial charge in [-0.1, -0.05) is 18.2 Å². The largest absolute Gasteiger partial charge is 0.455 e. The molecule has 1 aromatic carbocycles. The van der Waals surface area contributed by atoms with Gasteiger partial charge in [-0.05, 0) is 37.1 Å². The van der Waals surface area contributed by atoms with Crippen LogP contribution in [-0.2, 0) is 15.6 Å². The number of carbonyl (C=O) groups excluding carboxylic acids is 1. The van der Waals surface area contributed by atoms with Crippen LogP contribution in [-0.4, -0.2) is 37.3 Å². The average molecular weight is 417 g/mol. The summed E-state index contributed by atoms with van der Waals surface area (Å²) >= 11 is 1.61. The summed E-state index contributed by atoms with van der Waals surface area (Å²) in [6, 6.07) is 11.4. The van der Waals surface area contributed by atoms with Gasteiger partial charge < -0.3 is 9.32 Å². The Morgan fingerprint density at radius 3 is 2.79 bits per heavy atom. The zero-order valence-corrected chi connectivity index (χ0v) is 16.8. The van der Waals surface area contributed by atoms with Crippen LogP contribution in [0.15, 0.2) is 63.4 Å². The minimum Gasteiger partial charge on any atom is -0.455 e. The van der Waals surface area contributed by atoms with Gasteiger partial charge in [0.25, 0.3) is 5.91 Å². The number of benzene rings is 1.